The fraction of sp³-hybridized carbons (Fsp3) is 0.211. The molecule has 0 unspecified atom stereocenters. The van der Waals surface area contributed by atoms with E-state index in [2.05, 4.69) is 43.4 Å². The number of anilines is 3. The molecule has 3 aromatic rings. The molecular formula is C19H20N6O. The molecule has 1 aliphatic rings. The second-order valence-electron chi connectivity index (χ2n) is 6.17. The SMILES string of the molecule is ONc1nc(NCc2ccccc2)nc(N2CCc3ccccc3C2)n1. The number of hydrogen-bond donors (Lipinski definition) is 3. The van der Waals surface area contributed by atoms with Crippen LogP contribution in [0.25, 0.3) is 0 Å². The lowest BCUT2D eigenvalue weighted by Crippen LogP contribution is -2.32. The van der Waals surface area contributed by atoms with E-state index in [0.717, 1.165) is 25.1 Å². The minimum absolute atomic E-state index is 0.129. The van der Waals surface area contributed by atoms with Crippen molar-refractivity contribution in [2.24, 2.45) is 0 Å². The van der Waals surface area contributed by atoms with Crippen LogP contribution in [0.1, 0.15) is 16.7 Å². The fourth-order valence-electron chi connectivity index (χ4n) is 3.08. The summed E-state index contributed by atoms with van der Waals surface area (Å²) in [6.45, 7) is 2.16. The van der Waals surface area contributed by atoms with Gasteiger partial charge in [0, 0.05) is 19.6 Å². The third-order valence-electron chi connectivity index (χ3n) is 4.43. The normalized spacial score (nSPS) is 13.2. The highest BCUT2D eigenvalue weighted by molar-refractivity contribution is 5.46. The van der Waals surface area contributed by atoms with E-state index >= 15 is 0 Å². The van der Waals surface area contributed by atoms with E-state index in [1.54, 1.807) is 0 Å². The van der Waals surface area contributed by atoms with Crippen LogP contribution in [0.15, 0.2) is 54.6 Å². The summed E-state index contributed by atoms with van der Waals surface area (Å²) >= 11 is 0. The smallest absolute Gasteiger partial charge is 0.253 e. The molecule has 0 radical (unpaired) electrons. The standard InChI is InChI=1S/C19H20N6O/c26-24-18-21-17(20-12-14-6-2-1-3-7-14)22-19(23-18)25-11-10-15-8-4-5-9-16(15)13-25/h1-9,26H,10-13H2,(H2,20,21,22,23,24). The van der Waals surface area contributed by atoms with Crippen molar-refractivity contribution < 1.29 is 5.21 Å². The van der Waals surface area contributed by atoms with Gasteiger partial charge in [0.25, 0.3) is 5.95 Å². The Labute approximate surface area is 151 Å². The van der Waals surface area contributed by atoms with E-state index in [-0.39, 0.29) is 5.95 Å². The predicted molar refractivity (Wildman–Crippen MR) is 100 cm³/mol. The second-order valence-corrected chi connectivity index (χ2v) is 6.17. The van der Waals surface area contributed by atoms with Crippen LogP contribution in [0.4, 0.5) is 17.8 Å². The van der Waals surface area contributed by atoms with Crippen molar-refractivity contribution in [2.75, 3.05) is 22.2 Å². The summed E-state index contributed by atoms with van der Waals surface area (Å²) in [5.41, 5.74) is 5.80. The molecule has 2 heterocycles. The Morgan fingerprint density at radius 2 is 1.62 bits per heavy atom. The first kappa shape index (κ1) is 16.3. The third-order valence-corrected chi connectivity index (χ3v) is 4.43. The molecule has 4 rings (SSSR count). The zero-order chi connectivity index (χ0) is 17.8. The zero-order valence-electron chi connectivity index (χ0n) is 14.3. The van der Waals surface area contributed by atoms with Gasteiger partial charge in [-0.2, -0.15) is 15.0 Å². The molecule has 7 nitrogen and oxygen atoms in total. The maximum atomic E-state index is 9.28. The molecule has 0 saturated carbocycles. The van der Waals surface area contributed by atoms with Crippen LogP contribution >= 0.6 is 0 Å². The molecule has 0 saturated heterocycles. The Hall–Kier alpha value is -3.19. The van der Waals surface area contributed by atoms with Crippen LogP contribution in [-0.4, -0.2) is 26.7 Å². The van der Waals surface area contributed by atoms with Crippen LogP contribution in [-0.2, 0) is 19.5 Å². The first-order valence-electron chi connectivity index (χ1n) is 8.57. The Morgan fingerprint density at radius 1 is 0.885 bits per heavy atom. The number of nitrogens with one attached hydrogen (secondary N) is 2. The lowest BCUT2D eigenvalue weighted by molar-refractivity contribution is 0.382. The summed E-state index contributed by atoms with van der Waals surface area (Å²) in [4.78, 5) is 15.1. The van der Waals surface area contributed by atoms with Crippen molar-refractivity contribution in [1.82, 2.24) is 15.0 Å². The number of benzene rings is 2. The number of rotatable bonds is 5. The minimum atomic E-state index is 0.129. The van der Waals surface area contributed by atoms with Crippen molar-refractivity contribution in [3.63, 3.8) is 0 Å². The van der Waals surface area contributed by atoms with Crippen LogP contribution in [0.5, 0.6) is 0 Å². The molecule has 0 fully saturated rings. The largest absolute Gasteiger partial charge is 0.350 e. The van der Waals surface area contributed by atoms with Gasteiger partial charge in [0.15, 0.2) is 0 Å². The Morgan fingerprint density at radius 3 is 2.42 bits per heavy atom. The van der Waals surface area contributed by atoms with Crippen molar-refractivity contribution in [3.05, 3.63) is 71.3 Å². The molecular weight excluding hydrogens is 328 g/mol. The van der Waals surface area contributed by atoms with Crippen LogP contribution in [0, 0.1) is 0 Å². The first-order valence-corrected chi connectivity index (χ1v) is 8.57. The van der Waals surface area contributed by atoms with Crippen molar-refractivity contribution in [2.45, 2.75) is 19.5 Å². The van der Waals surface area contributed by atoms with Crippen LogP contribution in [0.2, 0.25) is 0 Å². The van der Waals surface area contributed by atoms with Crippen molar-refractivity contribution in [3.8, 4) is 0 Å². The van der Waals surface area contributed by atoms with E-state index in [9.17, 15) is 5.21 Å². The number of nitrogens with zero attached hydrogens (tertiary/aromatic N) is 4. The summed E-state index contributed by atoms with van der Waals surface area (Å²) < 4.78 is 0. The molecule has 0 spiro atoms. The minimum Gasteiger partial charge on any atom is -0.350 e. The molecule has 3 N–H and O–H groups in total. The molecule has 7 heteroatoms. The Balaban J connectivity index is 1.55. The average Bonchev–Trinajstić information content (AvgIpc) is 2.72. The first-order chi connectivity index (χ1) is 12.8. The summed E-state index contributed by atoms with van der Waals surface area (Å²) in [5, 5.41) is 12.5. The van der Waals surface area contributed by atoms with E-state index in [0.29, 0.717) is 18.4 Å². The van der Waals surface area contributed by atoms with E-state index in [4.69, 9.17) is 0 Å². The molecule has 0 atom stereocenters. The van der Waals surface area contributed by atoms with Crippen molar-refractivity contribution in [1.29, 1.82) is 0 Å². The molecule has 2 aromatic carbocycles. The monoisotopic (exact) mass is 348 g/mol. The number of fused-ring (bicyclic) bond motifs is 1. The number of hydrogen-bond acceptors (Lipinski definition) is 7. The van der Waals surface area contributed by atoms with Gasteiger partial charge in [-0.25, -0.2) is 5.48 Å². The van der Waals surface area contributed by atoms with Gasteiger partial charge in [-0.15, -0.1) is 0 Å². The fourth-order valence-corrected chi connectivity index (χ4v) is 3.08. The van der Waals surface area contributed by atoms with Gasteiger partial charge in [-0.1, -0.05) is 54.6 Å². The van der Waals surface area contributed by atoms with Crippen LogP contribution in [0.3, 0.4) is 0 Å². The zero-order valence-corrected chi connectivity index (χ0v) is 14.3. The average molecular weight is 348 g/mol. The molecule has 26 heavy (non-hydrogen) atoms. The lowest BCUT2D eigenvalue weighted by atomic mass is 10.0. The lowest BCUT2D eigenvalue weighted by Gasteiger charge is -2.29. The third kappa shape index (κ3) is 3.57. The highest BCUT2D eigenvalue weighted by Gasteiger charge is 2.19. The topological polar surface area (TPSA) is 86.2 Å². The van der Waals surface area contributed by atoms with Crippen LogP contribution < -0.4 is 15.7 Å². The van der Waals surface area contributed by atoms with Gasteiger partial charge < -0.3 is 10.2 Å². The maximum Gasteiger partial charge on any atom is 0.253 e. The van der Waals surface area contributed by atoms with Gasteiger partial charge in [-0.3, -0.25) is 5.21 Å². The highest BCUT2D eigenvalue weighted by Crippen LogP contribution is 2.23. The second kappa shape index (κ2) is 7.37. The molecule has 1 aromatic heterocycles. The molecule has 132 valence electrons. The summed E-state index contributed by atoms with van der Waals surface area (Å²) in [5.74, 6) is 1.10. The summed E-state index contributed by atoms with van der Waals surface area (Å²) in [6, 6.07) is 18.4. The van der Waals surface area contributed by atoms with Gasteiger partial charge in [0.2, 0.25) is 11.9 Å². The summed E-state index contributed by atoms with van der Waals surface area (Å²) in [6.07, 6.45) is 0.941. The van der Waals surface area contributed by atoms with Gasteiger partial charge in [0.1, 0.15) is 0 Å². The van der Waals surface area contributed by atoms with E-state index < -0.39 is 0 Å². The molecule has 1 aliphatic heterocycles. The van der Waals surface area contributed by atoms with E-state index in [1.165, 1.54) is 11.1 Å². The number of aromatic nitrogens is 3. The molecule has 0 amide bonds. The summed E-state index contributed by atoms with van der Waals surface area (Å²) in [7, 11) is 0. The van der Waals surface area contributed by atoms with Gasteiger partial charge in [-0.05, 0) is 23.1 Å². The van der Waals surface area contributed by atoms with Crippen molar-refractivity contribution >= 4 is 17.8 Å². The molecule has 0 aliphatic carbocycles. The highest BCUT2D eigenvalue weighted by atomic mass is 16.5. The maximum absolute atomic E-state index is 9.28. The van der Waals surface area contributed by atoms with E-state index in [1.807, 2.05) is 41.9 Å². The van der Waals surface area contributed by atoms with Gasteiger partial charge >= 0.3 is 0 Å². The Bertz CT molecular complexity index is 886. The predicted octanol–water partition coefficient (Wildman–Crippen LogP) is 2.85. The Kier molecular flexibility index (Phi) is 4.61. The van der Waals surface area contributed by atoms with Gasteiger partial charge in [0.05, 0.1) is 0 Å². The molecule has 0 bridgehead atoms. The quantitative estimate of drug-likeness (QED) is 0.611.